The molecule has 0 saturated heterocycles. The summed E-state index contributed by atoms with van der Waals surface area (Å²) in [5.41, 5.74) is -4.67. The number of hydrogen-bond acceptors (Lipinski definition) is 3. The molecule has 0 aromatic heterocycles. The fraction of sp³-hybridized carbons (Fsp3) is 0.667. The van der Waals surface area contributed by atoms with Crippen molar-refractivity contribution in [1.82, 2.24) is 0 Å². The fourth-order valence-corrected chi connectivity index (χ4v) is 5.15. The Bertz CT molecular complexity index is 894. The molecule has 1 aromatic rings. The zero-order valence-electron chi connectivity index (χ0n) is 16.3. The summed E-state index contributed by atoms with van der Waals surface area (Å²) in [5, 5.41) is 0. The van der Waals surface area contributed by atoms with Crippen molar-refractivity contribution in [3.05, 3.63) is 29.8 Å². The molecular weight excluding hydrogens is 594 g/mol. The largest absolute Gasteiger partial charge is 0.381 e. The van der Waals surface area contributed by atoms with Crippen LogP contribution in [0.1, 0.15) is 31.2 Å². The van der Waals surface area contributed by atoms with Crippen molar-refractivity contribution in [2.75, 3.05) is 6.61 Å². The van der Waals surface area contributed by atoms with Gasteiger partial charge >= 0.3 is 23.7 Å². The predicted molar refractivity (Wildman–Crippen MR) is 104 cm³/mol. The third kappa shape index (κ3) is 4.23. The van der Waals surface area contributed by atoms with Gasteiger partial charge in [-0.15, -0.1) is 0 Å². The molecule has 0 heterocycles. The molecule has 1 aliphatic carbocycles. The number of benzene rings is 1. The molecule has 0 radical (unpaired) electrons. The van der Waals surface area contributed by atoms with Gasteiger partial charge in [0.1, 0.15) is 0 Å². The van der Waals surface area contributed by atoms with Crippen LogP contribution in [0.2, 0.25) is 0 Å². The van der Waals surface area contributed by atoms with Gasteiger partial charge in [-0.3, -0.25) is 4.18 Å². The van der Waals surface area contributed by atoms with Crippen LogP contribution in [0.5, 0.6) is 0 Å². The van der Waals surface area contributed by atoms with Gasteiger partial charge in [-0.25, -0.2) is 4.39 Å². The second kappa shape index (κ2) is 8.78. The highest BCUT2D eigenvalue weighted by molar-refractivity contribution is 14.1. The molecule has 3 nitrogen and oxygen atoms in total. The third-order valence-electron chi connectivity index (χ3n) is 5.14. The van der Waals surface area contributed by atoms with Crippen LogP contribution < -0.4 is 0 Å². The van der Waals surface area contributed by atoms with Gasteiger partial charge in [0.2, 0.25) is 0 Å². The zero-order valence-corrected chi connectivity index (χ0v) is 19.3. The molecule has 1 atom stereocenters. The zero-order chi connectivity index (χ0) is 24.8. The summed E-state index contributed by atoms with van der Waals surface area (Å²) in [6.07, 6.45) is -2.37. The van der Waals surface area contributed by atoms with E-state index in [9.17, 15) is 47.9 Å². The first-order valence-electron chi connectivity index (χ1n) is 9.15. The van der Waals surface area contributed by atoms with E-state index >= 15 is 0 Å². The topological polar surface area (TPSA) is 43.4 Å². The maximum atomic E-state index is 14.5. The highest BCUT2D eigenvalue weighted by atomic mass is 127. The van der Waals surface area contributed by atoms with Crippen LogP contribution in [0.15, 0.2) is 29.2 Å². The molecule has 1 fully saturated rings. The van der Waals surface area contributed by atoms with Gasteiger partial charge in [0.05, 0.1) is 11.5 Å². The van der Waals surface area contributed by atoms with E-state index in [1.807, 2.05) is 0 Å². The van der Waals surface area contributed by atoms with Crippen LogP contribution in [0, 0.1) is 6.92 Å². The van der Waals surface area contributed by atoms with Crippen molar-refractivity contribution in [1.29, 1.82) is 0 Å². The summed E-state index contributed by atoms with van der Waals surface area (Å²) in [6.45, 7) is 1.35. The monoisotopic (exact) mass is 612 g/mol. The van der Waals surface area contributed by atoms with Crippen molar-refractivity contribution in [3.8, 4) is 0 Å². The van der Waals surface area contributed by atoms with Crippen LogP contribution >= 0.6 is 22.6 Å². The van der Waals surface area contributed by atoms with E-state index in [-0.39, 0.29) is 30.8 Å². The summed E-state index contributed by atoms with van der Waals surface area (Å²) in [6, 6.07) is 5.68. The van der Waals surface area contributed by atoms with E-state index < -0.39 is 49.8 Å². The number of aryl methyl sites for hydroxylation is 1. The minimum Gasteiger partial charge on any atom is -0.266 e. The van der Waals surface area contributed by atoms with E-state index in [2.05, 4.69) is 0 Å². The van der Waals surface area contributed by atoms with Crippen LogP contribution in [-0.4, -0.2) is 48.3 Å². The summed E-state index contributed by atoms with van der Waals surface area (Å²) >= 11 is 1.22. The Hall–Kier alpha value is -0.770. The first-order chi connectivity index (χ1) is 14.3. The van der Waals surface area contributed by atoms with Crippen LogP contribution in [0.4, 0.5) is 39.5 Å². The first kappa shape index (κ1) is 27.5. The lowest BCUT2D eigenvalue weighted by Gasteiger charge is -2.32. The molecular formula is C18H18F9IO3S. The second-order valence-electron chi connectivity index (χ2n) is 7.49. The Kier molecular flexibility index (Phi) is 7.54. The van der Waals surface area contributed by atoms with Gasteiger partial charge in [0.15, 0.2) is 0 Å². The maximum Gasteiger partial charge on any atom is 0.381 e. The summed E-state index contributed by atoms with van der Waals surface area (Å²) in [5.74, 6) is -25.8. The minimum absolute atomic E-state index is 0.0387. The molecule has 0 amide bonds. The van der Waals surface area contributed by atoms with Gasteiger partial charge in [0.25, 0.3) is 15.8 Å². The molecule has 0 N–H and O–H groups in total. The average molecular weight is 612 g/mol. The van der Waals surface area contributed by atoms with Crippen molar-refractivity contribution >= 4 is 32.7 Å². The van der Waals surface area contributed by atoms with Crippen LogP contribution in [0.3, 0.4) is 0 Å². The Labute approximate surface area is 192 Å². The number of alkyl halides is 10. The number of hydrogen-bond donors (Lipinski definition) is 0. The number of unbranched alkanes of at least 4 members (excludes halogenated alkanes) is 1. The molecule has 1 aliphatic rings. The minimum atomic E-state index is -6.58. The van der Waals surface area contributed by atoms with E-state index in [0.717, 1.165) is 5.56 Å². The lowest BCUT2D eigenvalue weighted by atomic mass is 9.90. The molecule has 1 unspecified atom stereocenters. The van der Waals surface area contributed by atoms with Gasteiger partial charge < -0.3 is 0 Å². The van der Waals surface area contributed by atoms with Gasteiger partial charge in [-0.1, -0.05) is 46.7 Å². The second-order valence-corrected chi connectivity index (χ2v) is 10.9. The molecule has 1 saturated carbocycles. The molecule has 0 bridgehead atoms. The lowest BCUT2D eigenvalue weighted by Crippen LogP contribution is -2.55. The Balaban J connectivity index is 1.94. The average Bonchev–Trinajstić information content (AvgIpc) is 2.71. The van der Waals surface area contributed by atoms with Crippen LogP contribution in [-0.2, 0) is 14.3 Å². The van der Waals surface area contributed by atoms with Crippen LogP contribution in [0.25, 0.3) is 0 Å². The normalized spacial score (nSPS) is 23.7. The Morgan fingerprint density at radius 3 is 1.78 bits per heavy atom. The predicted octanol–water partition coefficient (Wildman–Crippen LogP) is 6.33. The highest BCUT2D eigenvalue weighted by Crippen LogP contribution is 2.70. The SMILES string of the molecule is Cc1ccc(S(=O)(=O)OCCCCC(I)CC2(F)C(F)(F)C(F)(F)C(F)(F)C2(F)F)cc1. The molecule has 14 heteroatoms. The summed E-state index contributed by atoms with van der Waals surface area (Å²) in [4.78, 5) is -0.123. The Morgan fingerprint density at radius 1 is 0.844 bits per heavy atom. The van der Waals surface area contributed by atoms with Gasteiger partial charge in [-0.05, 0) is 31.9 Å². The molecule has 2 rings (SSSR count). The highest BCUT2D eigenvalue weighted by Gasteiger charge is 3.00. The third-order valence-corrected chi connectivity index (χ3v) is 7.53. The molecule has 184 valence electrons. The molecule has 0 spiro atoms. The maximum absolute atomic E-state index is 14.5. The molecule has 0 aliphatic heterocycles. The van der Waals surface area contributed by atoms with Crippen molar-refractivity contribution in [2.24, 2.45) is 0 Å². The van der Waals surface area contributed by atoms with Crippen molar-refractivity contribution < 1.29 is 52.1 Å². The quantitative estimate of drug-likeness (QED) is 0.108. The van der Waals surface area contributed by atoms with Gasteiger partial charge in [-0.2, -0.15) is 43.5 Å². The molecule has 32 heavy (non-hydrogen) atoms. The Morgan fingerprint density at radius 2 is 1.31 bits per heavy atom. The van der Waals surface area contributed by atoms with Crippen molar-refractivity contribution in [2.45, 2.75) is 70.8 Å². The van der Waals surface area contributed by atoms with E-state index in [1.165, 1.54) is 46.9 Å². The van der Waals surface area contributed by atoms with Crippen molar-refractivity contribution in [3.63, 3.8) is 0 Å². The van der Waals surface area contributed by atoms with Gasteiger partial charge in [0, 0.05) is 10.3 Å². The van der Waals surface area contributed by atoms with E-state index in [1.54, 1.807) is 6.92 Å². The first-order valence-corrected chi connectivity index (χ1v) is 11.8. The lowest BCUT2D eigenvalue weighted by molar-refractivity contribution is -0.303. The standard InChI is InChI=1S/C18H18F9IO3S/c1-11-5-7-13(8-6-11)32(29,30)31-9-3-2-4-12(28)10-14(19)15(20,21)17(24,25)18(26,27)16(14,22)23/h5-8,12H,2-4,9-10H2,1H3. The van der Waals surface area contributed by atoms with E-state index in [0.29, 0.717) is 0 Å². The van der Waals surface area contributed by atoms with E-state index in [4.69, 9.17) is 4.18 Å². The fourth-order valence-electron chi connectivity index (χ4n) is 3.16. The summed E-state index contributed by atoms with van der Waals surface area (Å²) in [7, 11) is -4.09. The number of rotatable bonds is 9. The molecule has 1 aromatic carbocycles. The summed E-state index contributed by atoms with van der Waals surface area (Å²) < 4.78 is 150. The smallest absolute Gasteiger partial charge is 0.266 e. The number of halogens is 10.